The third kappa shape index (κ3) is 2.53. The summed E-state index contributed by atoms with van der Waals surface area (Å²) in [6, 6.07) is 14.0. The quantitative estimate of drug-likeness (QED) is 0.894. The Morgan fingerprint density at radius 1 is 1.19 bits per heavy atom. The summed E-state index contributed by atoms with van der Waals surface area (Å²) in [7, 11) is 0. The lowest BCUT2D eigenvalue weighted by molar-refractivity contribution is 0.165. The van der Waals surface area contributed by atoms with Crippen LogP contribution in [0.2, 0.25) is 0 Å². The summed E-state index contributed by atoms with van der Waals surface area (Å²) in [6.07, 6.45) is 0.922. The van der Waals surface area contributed by atoms with Crippen LogP contribution in [0.5, 0.6) is 0 Å². The fourth-order valence-corrected chi connectivity index (χ4v) is 3.10. The Kier molecular flexibility index (Phi) is 3.69. The average molecular weight is 283 g/mol. The highest BCUT2D eigenvalue weighted by molar-refractivity contribution is 5.89. The number of aromatic nitrogens is 1. The van der Waals surface area contributed by atoms with Crippen LogP contribution in [0.25, 0.3) is 0 Å². The Labute approximate surface area is 125 Å². The molecule has 1 aliphatic heterocycles. The zero-order chi connectivity index (χ0) is 14.8. The van der Waals surface area contributed by atoms with Crippen molar-refractivity contribution < 1.29 is 4.79 Å². The number of nitrogens with zero attached hydrogens (tertiary/aromatic N) is 2. The van der Waals surface area contributed by atoms with Crippen molar-refractivity contribution in [1.82, 2.24) is 9.47 Å². The van der Waals surface area contributed by atoms with E-state index >= 15 is 0 Å². The van der Waals surface area contributed by atoms with Crippen LogP contribution in [-0.4, -0.2) is 22.0 Å². The molecule has 1 unspecified atom stereocenters. The molecule has 0 fully saturated rings. The SMILES string of the molecule is CCC1c2ccc(C)n2CCN1C(=O)Nc1ccccc1. The number of fused-ring (bicyclic) bond motifs is 1. The lowest BCUT2D eigenvalue weighted by atomic mass is 10.1. The molecular formula is C17H21N3O. The molecule has 21 heavy (non-hydrogen) atoms. The summed E-state index contributed by atoms with van der Waals surface area (Å²) in [5.74, 6) is 0. The van der Waals surface area contributed by atoms with Gasteiger partial charge < -0.3 is 14.8 Å². The van der Waals surface area contributed by atoms with Crippen LogP contribution < -0.4 is 5.32 Å². The Bertz CT molecular complexity index is 633. The maximum absolute atomic E-state index is 12.6. The number of amides is 2. The highest BCUT2D eigenvalue weighted by Crippen LogP contribution is 2.30. The number of anilines is 1. The Morgan fingerprint density at radius 3 is 2.67 bits per heavy atom. The topological polar surface area (TPSA) is 37.3 Å². The number of hydrogen-bond donors (Lipinski definition) is 1. The van der Waals surface area contributed by atoms with Gasteiger partial charge in [0.25, 0.3) is 0 Å². The summed E-state index contributed by atoms with van der Waals surface area (Å²) in [5.41, 5.74) is 3.35. The van der Waals surface area contributed by atoms with Crippen LogP contribution in [0.3, 0.4) is 0 Å². The fourth-order valence-electron chi connectivity index (χ4n) is 3.10. The number of aryl methyl sites for hydroxylation is 1. The number of carbonyl (C=O) groups excluding carboxylic acids is 1. The van der Waals surface area contributed by atoms with Gasteiger partial charge in [0.2, 0.25) is 0 Å². The van der Waals surface area contributed by atoms with Crippen LogP contribution >= 0.6 is 0 Å². The fraction of sp³-hybridized carbons (Fsp3) is 0.353. The van der Waals surface area contributed by atoms with E-state index in [1.165, 1.54) is 11.4 Å². The van der Waals surface area contributed by atoms with Gasteiger partial charge >= 0.3 is 6.03 Å². The van der Waals surface area contributed by atoms with E-state index in [4.69, 9.17) is 0 Å². The van der Waals surface area contributed by atoms with Gasteiger partial charge in [-0.2, -0.15) is 0 Å². The predicted molar refractivity (Wildman–Crippen MR) is 84.4 cm³/mol. The van der Waals surface area contributed by atoms with E-state index in [2.05, 4.69) is 35.9 Å². The van der Waals surface area contributed by atoms with Crippen LogP contribution in [-0.2, 0) is 6.54 Å². The molecule has 4 nitrogen and oxygen atoms in total. The highest BCUT2D eigenvalue weighted by Gasteiger charge is 2.30. The van der Waals surface area contributed by atoms with Crippen molar-refractivity contribution >= 4 is 11.7 Å². The molecule has 0 saturated carbocycles. The zero-order valence-electron chi connectivity index (χ0n) is 12.5. The van der Waals surface area contributed by atoms with Crippen molar-refractivity contribution in [2.75, 3.05) is 11.9 Å². The summed E-state index contributed by atoms with van der Waals surface area (Å²) >= 11 is 0. The highest BCUT2D eigenvalue weighted by atomic mass is 16.2. The molecule has 0 spiro atoms. The monoisotopic (exact) mass is 283 g/mol. The molecule has 0 bridgehead atoms. The van der Waals surface area contributed by atoms with E-state index in [0.717, 1.165) is 25.2 Å². The molecule has 0 saturated heterocycles. The third-order valence-electron chi connectivity index (χ3n) is 4.19. The minimum atomic E-state index is -0.0156. The first-order chi connectivity index (χ1) is 10.2. The van der Waals surface area contributed by atoms with Crippen molar-refractivity contribution in [3.05, 3.63) is 53.9 Å². The number of benzene rings is 1. The Morgan fingerprint density at radius 2 is 1.95 bits per heavy atom. The van der Waals surface area contributed by atoms with Gasteiger partial charge in [-0.05, 0) is 37.6 Å². The third-order valence-corrected chi connectivity index (χ3v) is 4.19. The first-order valence-corrected chi connectivity index (χ1v) is 7.49. The number of hydrogen-bond acceptors (Lipinski definition) is 1. The van der Waals surface area contributed by atoms with Gasteiger partial charge in [-0.3, -0.25) is 0 Å². The van der Waals surface area contributed by atoms with E-state index in [9.17, 15) is 4.79 Å². The second kappa shape index (κ2) is 5.64. The second-order valence-corrected chi connectivity index (χ2v) is 5.46. The number of nitrogens with one attached hydrogen (secondary N) is 1. The van der Waals surface area contributed by atoms with Gasteiger partial charge in [0.15, 0.2) is 0 Å². The minimum absolute atomic E-state index is 0.0156. The van der Waals surface area contributed by atoms with Crippen LogP contribution in [0, 0.1) is 6.92 Å². The summed E-state index contributed by atoms with van der Waals surface area (Å²) in [4.78, 5) is 14.5. The lowest BCUT2D eigenvalue weighted by Gasteiger charge is -2.37. The molecule has 3 rings (SSSR count). The Balaban J connectivity index is 1.81. The summed E-state index contributed by atoms with van der Waals surface area (Å²) in [5, 5.41) is 2.99. The molecule has 110 valence electrons. The molecule has 0 aliphatic carbocycles. The molecule has 1 aromatic heterocycles. The number of rotatable bonds is 2. The van der Waals surface area contributed by atoms with Crippen LogP contribution in [0.1, 0.15) is 30.8 Å². The maximum Gasteiger partial charge on any atom is 0.322 e. The standard InChI is InChI=1S/C17H21N3O/c1-3-15-16-10-9-13(2)19(16)11-12-20(15)17(21)18-14-7-5-4-6-8-14/h4-10,15H,3,11-12H2,1-2H3,(H,18,21). The van der Waals surface area contributed by atoms with Gasteiger partial charge in [-0.25, -0.2) is 4.79 Å². The molecule has 1 atom stereocenters. The van der Waals surface area contributed by atoms with Crippen LogP contribution in [0.4, 0.5) is 10.5 Å². The maximum atomic E-state index is 12.6. The van der Waals surface area contributed by atoms with E-state index < -0.39 is 0 Å². The number of urea groups is 1. The molecule has 1 aliphatic rings. The van der Waals surface area contributed by atoms with Gasteiger partial charge in [0.05, 0.1) is 6.04 Å². The number of carbonyl (C=O) groups is 1. The lowest BCUT2D eigenvalue weighted by Crippen LogP contribution is -2.44. The predicted octanol–water partition coefficient (Wildman–Crippen LogP) is 3.80. The minimum Gasteiger partial charge on any atom is -0.345 e. The molecule has 2 heterocycles. The summed E-state index contributed by atoms with van der Waals surface area (Å²) in [6.45, 7) is 5.87. The Hall–Kier alpha value is -2.23. The smallest absolute Gasteiger partial charge is 0.322 e. The molecule has 1 aromatic carbocycles. The van der Waals surface area contributed by atoms with E-state index in [1.54, 1.807) is 0 Å². The molecule has 0 radical (unpaired) electrons. The van der Waals surface area contributed by atoms with Gasteiger partial charge in [-0.15, -0.1) is 0 Å². The molecule has 2 aromatic rings. The normalized spacial score (nSPS) is 17.4. The van der Waals surface area contributed by atoms with Crippen molar-refractivity contribution in [2.24, 2.45) is 0 Å². The molecule has 1 N–H and O–H groups in total. The van der Waals surface area contributed by atoms with E-state index in [0.29, 0.717) is 0 Å². The molecular weight excluding hydrogens is 262 g/mol. The number of para-hydroxylation sites is 1. The largest absolute Gasteiger partial charge is 0.345 e. The average Bonchev–Trinajstić information content (AvgIpc) is 2.89. The van der Waals surface area contributed by atoms with Crippen molar-refractivity contribution in [3.8, 4) is 0 Å². The van der Waals surface area contributed by atoms with Crippen molar-refractivity contribution in [1.29, 1.82) is 0 Å². The van der Waals surface area contributed by atoms with Gasteiger partial charge in [0, 0.05) is 30.2 Å². The van der Waals surface area contributed by atoms with Gasteiger partial charge in [0.1, 0.15) is 0 Å². The van der Waals surface area contributed by atoms with Crippen molar-refractivity contribution in [2.45, 2.75) is 32.9 Å². The van der Waals surface area contributed by atoms with E-state index in [-0.39, 0.29) is 12.1 Å². The molecule has 2 amide bonds. The van der Waals surface area contributed by atoms with Gasteiger partial charge in [-0.1, -0.05) is 25.1 Å². The zero-order valence-corrected chi connectivity index (χ0v) is 12.5. The van der Waals surface area contributed by atoms with Crippen LogP contribution in [0.15, 0.2) is 42.5 Å². The van der Waals surface area contributed by atoms with E-state index in [1.807, 2.05) is 35.2 Å². The summed E-state index contributed by atoms with van der Waals surface area (Å²) < 4.78 is 2.32. The first kappa shape index (κ1) is 13.7. The van der Waals surface area contributed by atoms with Crippen molar-refractivity contribution in [3.63, 3.8) is 0 Å². The second-order valence-electron chi connectivity index (χ2n) is 5.46. The molecule has 4 heteroatoms. The first-order valence-electron chi connectivity index (χ1n) is 7.49.